The Balaban J connectivity index is 1.46. The molecule has 0 spiro atoms. The zero-order valence-corrected chi connectivity index (χ0v) is 15.1. The van der Waals surface area contributed by atoms with Crippen molar-refractivity contribution in [1.82, 2.24) is 5.32 Å². The molecular formula is C19H24N2O2S. The highest BCUT2D eigenvalue weighted by molar-refractivity contribution is 7.12. The summed E-state index contributed by atoms with van der Waals surface area (Å²) in [5, 5.41) is 3.19. The van der Waals surface area contributed by atoms with Crippen LogP contribution < -0.4 is 15.0 Å². The van der Waals surface area contributed by atoms with Crippen LogP contribution in [0.5, 0.6) is 5.75 Å². The molecule has 24 heavy (non-hydrogen) atoms. The second-order valence-electron chi connectivity index (χ2n) is 6.22. The van der Waals surface area contributed by atoms with Gasteiger partial charge in [-0.3, -0.25) is 4.79 Å². The van der Waals surface area contributed by atoms with E-state index in [1.54, 1.807) is 18.4 Å². The Kier molecular flexibility index (Phi) is 5.41. The minimum atomic E-state index is 0.139. The zero-order chi connectivity index (χ0) is 16.9. The molecule has 1 fully saturated rings. The van der Waals surface area contributed by atoms with Gasteiger partial charge in [-0.05, 0) is 56.2 Å². The highest BCUT2D eigenvalue weighted by atomic mass is 32.1. The quantitative estimate of drug-likeness (QED) is 0.904. The van der Waals surface area contributed by atoms with Crippen molar-refractivity contribution in [3.05, 3.63) is 46.2 Å². The number of methoxy groups -OCH3 is 1. The van der Waals surface area contributed by atoms with Gasteiger partial charge < -0.3 is 15.0 Å². The van der Waals surface area contributed by atoms with Crippen molar-refractivity contribution in [3.63, 3.8) is 0 Å². The van der Waals surface area contributed by atoms with E-state index in [0.717, 1.165) is 36.6 Å². The van der Waals surface area contributed by atoms with Gasteiger partial charge in [-0.15, -0.1) is 11.3 Å². The van der Waals surface area contributed by atoms with E-state index in [2.05, 4.69) is 35.3 Å². The first kappa shape index (κ1) is 16.8. The number of aryl methyl sites for hydroxylation is 1. The summed E-state index contributed by atoms with van der Waals surface area (Å²) in [6.45, 7) is 4.01. The van der Waals surface area contributed by atoms with Gasteiger partial charge in [-0.25, -0.2) is 0 Å². The van der Waals surface area contributed by atoms with Crippen molar-refractivity contribution < 1.29 is 9.53 Å². The maximum atomic E-state index is 12.2. The average molecular weight is 344 g/mol. The van der Waals surface area contributed by atoms with E-state index < -0.39 is 0 Å². The summed E-state index contributed by atoms with van der Waals surface area (Å²) in [5.41, 5.74) is 1.22. The molecule has 1 aromatic heterocycles. The van der Waals surface area contributed by atoms with Crippen molar-refractivity contribution in [2.24, 2.45) is 0 Å². The van der Waals surface area contributed by atoms with Gasteiger partial charge in [0.2, 0.25) is 5.91 Å². The smallest absolute Gasteiger partial charge is 0.225 e. The number of carbonyl (C=O) groups excluding carboxylic acids is 1. The molecule has 1 aliphatic rings. The number of rotatable bonds is 5. The molecule has 0 bridgehead atoms. The minimum Gasteiger partial charge on any atom is -0.497 e. The van der Waals surface area contributed by atoms with Crippen molar-refractivity contribution in [2.45, 2.75) is 32.2 Å². The fraction of sp³-hybridized carbons (Fsp3) is 0.421. The predicted molar refractivity (Wildman–Crippen MR) is 99.1 cm³/mol. The summed E-state index contributed by atoms with van der Waals surface area (Å²) in [6, 6.07) is 12.6. The lowest BCUT2D eigenvalue weighted by molar-refractivity contribution is -0.121. The Morgan fingerprint density at radius 2 is 1.92 bits per heavy atom. The fourth-order valence-electron chi connectivity index (χ4n) is 3.09. The average Bonchev–Trinajstić information content (AvgIpc) is 3.00. The van der Waals surface area contributed by atoms with Crippen LogP contribution in [-0.4, -0.2) is 32.1 Å². The number of hydrogen-bond acceptors (Lipinski definition) is 4. The lowest BCUT2D eigenvalue weighted by Gasteiger charge is -2.34. The lowest BCUT2D eigenvalue weighted by Crippen LogP contribution is -2.45. The second-order valence-corrected chi connectivity index (χ2v) is 7.59. The molecule has 2 heterocycles. The molecule has 1 aromatic carbocycles. The van der Waals surface area contributed by atoms with Crippen LogP contribution in [0, 0.1) is 6.92 Å². The minimum absolute atomic E-state index is 0.139. The largest absolute Gasteiger partial charge is 0.497 e. The number of hydrogen-bond donors (Lipinski definition) is 1. The Hall–Kier alpha value is -2.01. The van der Waals surface area contributed by atoms with Gasteiger partial charge in [0, 0.05) is 34.6 Å². The van der Waals surface area contributed by atoms with E-state index >= 15 is 0 Å². The molecular weight excluding hydrogens is 320 g/mol. The van der Waals surface area contributed by atoms with Gasteiger partial charge in [0.25, 0.3) is 0 Å². The standard InChI is InChI=1S/C19H24N2O2S/c1-14-3-8-18(24-14)13-19(22)20-15-9-11-21(12-10-15)16-4-6-17(23-2)7-5-16/h3-8,15H,9-13H2,1-2H3,(H,20,22). The SMILES string of the molecule is COc1ccc(N2CCC(NC(=O)Cc3ccc(C)s3)CC2)cc1. The second kappa shape index (κ2) is 7.71. The van der Waals surface area contributed by atoms with Crippen LogP contribution in [0.2, 0.25) is 0 Å². The number of amides is 1. The molecule has 0 unspecified atom stereocenters. The van der Waals surface area contributed by atoms with E-state index in [1.165, 1.54) is 10.6 Å². The Bertz CT molecular complexity index is 673. The first-order valence-electron chi connectivity index (χ1n) is 8.38. The summed E-state index contributed by atoms with van der Waals surface area (Å²) >= 11 is 1.70. The molecule has 5 heteroatoms. The summed E-state index contributed by atoms with van der Waals surface area (Å²) < 4.78 is 5.20. The number of nitrogens with zero attached hydrogens (tertiary/aromatic N) is 1. The van der Waals surface area contributed by atoms with Crippen LogP contribution in [-0.2, 0) is 11.2 Å². The van der Waals surface area contributed by atoms with E-state index in [-0.39, 0.29) is 11.9 Å². The summed E-state index contributed by atoms with van der Waals surface area (Å²) in [5.74, 6) is 1.02. The van der Waals surface area contributed by atoms with Crippen molar-refractivity contribution in [2.75, 3.05) is 25.1 Å². The van der Waals surface area contributed by atoms with Crippen LogP contribution in [0.25, 0.3) is 0 Å². The third kappa shape index (κ3) is 4.29. The lowest BCUT2D eigenvalue weighted by atomic mass is 10.0. The number of benzene rings is 1. The third-order valence-corrected chi connectivity index (χ3v) is 5.43. The number of carbonyl (C=O) groups is 1. The predicted octanol–water partition coefficient (Wildman–Crippen LogP) is 3.39. The Morgan fingerprint density at radius 3 is 2.50 bits per heavy atom. The van der Waals surface area contributed by atoms with E-state index in [1.807, 2.05) is 18.2 Å². The fourth-order valence-corrected chi connectivity index (χ4v) is 3.98. The molecule has 1 aliphatic heterocycles. The number of anilines is 1. The van der Waals surface area contributed by atoms with Gasteiger partial charge in [0.05, 0.1) is 13.5 Å². The monoisotopic (exact) mass is 344 g/mol. The van der Waals surface area contributed by atoms with Crippen LogP contribution in [0.15, 0.2) is 36.4 Å². The molecule has 3 rings (SSSR count). The number of piperidine rings is 1. The molecule has 2 aromatic rings. The molecule has 0 saturated carbocycles. The first-order valence-corrected chi connectivity index (χ1v) is 9.19. The maximum absolute atomic E-state index is 12.2. The topological polar surface area (TPSA) is 41.6 Å². The van der Waals surface area contributed by atoms with Gasteiger partial charge in [0.1, 0.15) is 5.75 Å². The molecule has 0 atom stereocenters. The zero-order valence-electron chi connectivity index (χ0n) is 14.2. The van der Waals surface area contributed by atoms with E-state index in [9.17, 15) is 4.79 Å². The molecule has 4 nitrogen and oxygen atoms in total. The van der Waals surface area contributed by atoms with Crippen molar-refractivity contribution >= 4 is 22.9 Å². The Morgan fingerprint density at radius 1 is 1.21 bits per heavy atom. The van der Waals surface area contributed by atoms with E-state index in [4.69, 9.17) is 4.74 Å². The summed E-state index contributed by atoms with van der Waals surface area (Å²) in [4.78, 5) is 16.9. The van der Waals surface area contributed by atoms with Crippen LogP contribution in [0.1, 0.15) is 22.6 Å². The van der Waals surface area contributed by atoms with Crippen LogP contribution >= 0.6 is 11.3 Å². The van der Waals surface area contributed by atoms with Crippen LogP contribution in [0.3, 0.4) is 0 Å². The highest BCUT2D eigenvalue weighted by Gasteiger charge is 2.21. The summed E-state index contributed by atoms with van der Waals surface area (Å²) in [7, 11) is 1.68. The van der Waals surface area contributed by atoms with Gasteiger partial charge in [0.15, 0.2) is 0 Å². The number of thiophene rings is 1. The molecule has 0 radical (unpaired) electrons. The Labute approximate surface area is 147 Å². The molecule has 1 amide bonds. The molecule has 0 aliphatic carbocycles. The normalized spacial score (nSPS) is 15.3. The molecule has 1 N–H and O–H groups in total. The van der Waals surface area contributed by atoms with Gasteiger partial charge in [-0.2, -0.15) is 0 Å². The third-order valence-electron chi connectivity index (χ3n) is 4.43. The summed E-state index contributed by atoms with van der Waals surface area (Å²) in [6.07, 6.45) is 2.47. The van der Waals surface area contributed by atoms with Crippen molar-refractivity contribution in [3.8, 4) is 5.75 Å². The molecule has 128 valence electrons. The van der Waals surface area contributed by atoms with Gasteiger partial charge in [-0.1, -0.05) is 0 Å². The number of ether oxygens (including phenoxy) is 1. The first-order chi connectivity index (χ1) is 11.6. The highest BCUT2D eigenvalue weighted by Crippen LogP contribution is 2.23. The van der Waals surface area contributed by atoms with E-state index in [0.29, 0.717) is 6.42 Å². The van der Waals surface area contributed by atoms with Crippen molar-refractivity contribution in [1.29, 1.82) is 0 Å². The van der Waals surface area contributed by atoms with Gasteiger partial charge >= 0.3 is 0 Å². The molecule has 1 saturated heterocycles. The number of nitrogens with one attached hydrogen (secondary N) is 1. The van der Waals surface area contributed by atoms with Crippen LogP contribution in [0.4, 0.5) is 5.69 Å². The maximum Gasteiger partial charge on any atom is 0.225 e.